The zero-order chi connectivity index (χ0) is 11.7. The Balaban J connectivity index is 1.68. The standard InChI is InChI=1S/C12H16N2O2S/c1-14-5-4-13-12(7-14)17-9-2-3-10-11(6-9)16-8-15-10/h2-3,6,12-13H,4-5,7-8H2,1H3. The second-order valence-corrected chi connectivity index (χ2v) is 5.61. The Kier molecular flexibility index (Phi) is 3.13. The van der Waals surface area contributed by atoms with Crippen molar-refractivity contribution in [3.63, 3.8) is 0 Å². The first-order chi connectivity index (χ1) is 8.31. The molecule has 92 valence electrons. The van der Waals surface area contributed by atoms with Gasteiger partial charge in [0.2, 0.25) is 6.79 Å². The molecule has 1 unspecified atom stereocenters. The molecule has 4 nitrogen and oxygen atoms in total. The zero-order valence-corrected chi connectivity index (χ0v) is 10.6. The summed E-state index contributed by atoms with van der Waals surface area (Å²) in [5, 5.41) is 3.97. The normalized spacial score (nSPS) is 23.9. The Morgan fingerprint density at radius 3 is 3.12 bits per heavy atom. The lowest BCUT2D eigenvalue weighted by Gasteiger charge is -2.30. The fourth-order valence-corrected chi connectivity index (χ4v) is 3.23. The van der Waals surface area contributed by atoms with Gasteiger partial charge in [0.1, 0.15) is 0 Å². The molecule has 1 aromatic carbocycles. The van der Waals surface area contributed by atoms with Crippen LogP contribution in [0.25, 0.3) is 0 Å². The van der Waals surface area contributed by atoms with Crippen LogP contribution in [0.1, 0.15) is 0 Å². The molecular weight excluding hydrogens is 236 g/mol. The van der Waals surface area contributed by atoms with Crippen molar-refractivity contribution in [2.75, 3.05) is 33.5 Å². The lowest BCUT2D eigenvalue weighted by atomic mass is 10.3. The predicted molar refractivity (Wildman–Crippen MR) is 67.7 cm³/mol. The predicted octanol–water partition coefficient (Wildman–Crippen LogP) is 1.37. The largest absolute Gasteiger partial charge is 0.454 e. The van der Waals surface area contributed by atoms with Crippen LogP contribution in [-0.4, -0.2) is 43.7 Å². The number of likely N-dealkylation sites (N-methyl/N-ethyl adjacent to an activating group) is 1. The summed E-state index contributed by atoms with van der Waals surface area (Å²) in [4.78, 5) is 3.57. The molecule has 1 atom stereocenters. The third kappa shape index (κ3) is 2.51. The number of nitrogens with zero attached hydrogens (tertiary/aromatic N) is 1. The molecule has 0 saturated carbocycles. The molecule has 1 N–H and O–H groups in total. The highest BCUT2D eigenvalue weighted by Gasteiger charge is 2.19. The lowest BCUT2D eigenvalue weighted by Crippen LogP contribution is -2.47. The topological polar surface area (TPSA) is 33.7 Å². The Labute approximate surface area is 105 Å². The van der Waals surface area contributed by atoms with Crippen LogP contribution in [0, 0.1) is 0 Å². The number of nitrogens with one attached hydrogen (secondary N) is 1. The van der Waals surface area contributed by atoms with E-state index in [1.165, 1.54) is 4.90 Å². The first kappa shape index (κ1) is 11.2. The molecule has 2 aliphatic rings. The van der Waals surface area contributed by atoms with Crippen LogP contribution < -0.4 is 14.8 Å². The van der Waals surface area contributed by atoms with Crippen LogP contribution in [0.5, 0.6) is 11.5 Å². The van der Waals surface area contributed by atoms with Crippen LogP contribution in [0.15, 0.2) is 23.1 Å². The van der Waals surface area contributed by atoms with Gasteiger partial charge in [-0.1, -0.05) is 0 Å². The van der Waals surface area contributed by atoms with Crippen molar-refractivity contribution < 1.29 is 9.47 Å². The highest BCUT2D eigenvalue weighted by Crippen LogP contribution is 2.36. The van der Waals surface area contributed by atoms with Gasteiger partial charge in [-0.2, -0.15) is 0 Å². The van der Waals surface area contributed by atoms with Gasteiger partial charge in [-0.25, -0.2) is 0 Å². The molecule has 0 bridgehead atoms. The molecule has 0 radical (unpaired) electrons. The van der Waals surface area contributed by atoms with Gasteiger partial charge in [-0.05, 0) is 25.2 Å². The molecule has 2 aliphatic heterocycles. The van der Waals surface area contributed by atoms with Gasteiger partial charge in [0.15, 0.2) is 11.5 Å². The van der Waals surface area contributed by atoms with Crippen molar-refractivity contribution in [1.82, 2.24) is 10.2 Å². The van der Waals surface area contributed by atoms with Crippen LogP contribution in [0.4, 0.5) is 0 Å². The van der Waals surface area contributed by atoms with Crippen molar-refractivity contribution in [2.24, 2.45) is 0 Å². The summed E-state index contributed by atoms with van der Waals surface area (Å²) in [6, 6.07) is 6.13. The number of rotatable bonds is 2. The summed E-state index contributed by atoms with van der Waals surface area (Å²) < 4.78 is 10.7. The number of ether oxygens (including phenoxy) is 2. The minimum Gasteiger partial charge on any atom is -0.454 e. The first-order valence-corrected chi connectivity index (χ1v) is 6.67. The number of hydrogen-bond acceptors (Lipinski definition) is 5. The maximum Gasteiger partial charge on any atom is 0.231 e. The van der Waals surface area contributed by atoms with Crippen molar-refractivity contribution >= 4 is 11.8 Å². The molecule has 0 aromatic heterocycles. The third-order valence-corrected chi connectivity index (χ3v) is 4.09. The van der Waals surface area contributed by atoms with Gasteiger partial charge in [0.05, 0.1) is 5.37 Å². The Bertz CT molecular complexity index is 413. The van der Waals surface area contributed by atoms with E-state index in [0.29, 0.717) is 12.2 Å². The van der Waals surface area contributed by atoms with Crippen molar-refractivity contribution in [3.8, 4) is 11.5 Å². The fourth-order valence-electron chi connectivity index (χ4n) is 2.05. The highest BCUT2D eigenvalue weighted by atomic mass is 32.2. The smallest absolute Gasteiger partial charge is 0.231 e. The first-order valence-electron chi connectivity index (χ1n) is 5.79. The second kappa shape index (κ2) is 4.76. The van der Waals surface area contributed by atoms with Crippen molar-refractivity contribution in [2.45, 2.75) is 10.3 Å². The van der Waals surface area contributed by atoms with E-state index < -0.39 is 0 Å². The maximum absolute atomic E-state index is 5.38. The van der Waals surface area contributed by atoms with Crippen molar-refractivity contribution in [3.05, 3.63) is 18.2 Å². The summed E-state index contributed by atoms with van der Waals surface area (Å²) in [6.07, 6.45) is 0. The van der Waals surface area contributed by atoms with Crippen LogP contribution in [0.3, 0.4) is 0 Å². The molecule has 17 heavy (non-hydrogen) atoms. The Morgan fingerprint density at radius 1 is 1.35 bits per heavy atom. The highest BCUT2D eigenvalue weighted by molar-refractivity contribution is 8.00. The quantitative estimate of drug-likeness (QED) is 0.860. The van der Waals surface area contributed by atoms with E-state index in [1.54, 1.807) is 0 Å². The van der Waals surface area contributed by atoms with Crippen molar-refractivity contribution in [1.29, 1.82) is 0 Å². The third-order valence-electron chi connectivity index (χ3n) is 2.97. The number of fused-ring (bicyclic) bond motifs is 1. The van der Waals surface area contributed by atoms with E-state index in [2.05, 4.69) is 29.4 Å². The zero-order valence-electron chi connectivity index (χ0n) is 9.81. The average molecular weight is 252 g/mol. The van der Waals surface area contributed by atoms with E-state index in [0.717, 1.165) is 31.1 Å². The van der Waals surface area contributed by atoms with Gasteiger partial charge in [-0.3, -0.25) is 0 Å². The minimum absolute atomic E-state index is 0.341. The van der Waals surface area contributed by atoms with E-state index in [1.807, 2.05) is 17.8 Å². The molecule has 5 heteroatoms. The summed E-state index contributed by atoms with van der Waals surface area (Å²) >= 11 is 1.85. The Morgan fingerprint density at radius 2 is 2.24 bits per heavy atom. The molecule has 1 fully saturated rings. The number of piperazine rings is 1. The molecular formula is C12H16N2O2S. The van der Waals surface area contributed by atoms with Gasteiger partial charge in [0, 0.05) is 24.5 Å². The fraction of sp³-hybridized carbons (Fsp3) is 0.500. The van der Waals surface area contributed by atoms with Crippen LogP contribution in [0.2, 0.25) is 0 Å². The monoisotopic (exact) mass is 252 g/mol. The molecule has 0 aliphatic carbocycles. The maximum atomic E-state index is 5.38. The van der Waals surface area contributed by atoms with Crippen LogP contribution >= 0.6 is 11.8 Å². The minimum atomic E-state index is 0.341. The molecule has 1 aromatic rings. The number of hydrogen-bond donors (Lipinski definition) is 1. The van der Waals surface area contributed by atoms with E-state index in [-0.39, 0.29) is 0 Å². The molecule has 0 spiro atoms. The molecule has 1 saturated heterocycles. The number of benzene rings is 1. The molecule has 2 heterocycles. The Hall–Kier alpha value is -0.910. The summed E-state index contributed by atoms with van der Waals surface area (Å²) in [5.41, 5.74) is 0. The van der Waals surface area contributed by atoms with Gasteiger partial charge in [-0.15, -0.1) is 11.8 Å². The summed E-state index contributed by atoms with van der Waals surface area (Å²) in [7, 11) is 2.16. The number of thioether (sulfide) groups is 1. The van der Waals surface area contributed by atoms with E-state index >= 15 is 0 Å². The summed E-state index contributed by atoms with van der Waals surface area (Å²) in [5.74, 6) is 1.71. The molecule has 3 rings (SSSR count). The van der Waals surface area contributed by atoms with Gasteiger partial charge in [0.25, 0.3) is 0 Å². The van der Waals surface area contributed by atoms with E-state index in [4.69, 9.17) is 9.47 Å². The molecule has 0 amide bonds. The SMILES string of the molecule is CN1CCNC(Sc2ccc3c(c2)OCO3)C1. The van der Waals surface area contributed by atoms with Gasteiger partial charge >= 0.3 is 0 Å². The van der Waals surface area contributed by atoms with Crippen LogP contribution in [-0.2, 0) is 0 Å². The second-order valence-electron chi connectivity index (χ2n) is 4.34. The van der Waals surface area contributed by atoms with E-state index in [9.17, 15) is 0 Å². The van der Waals surface area contributed by atoms with Gasteiger partial charge < -0.3 is 19.7 Å². The average Bonchev–Trinajstić information content (AvgIpc) is 2.76. The lowest BCUT2D eigenvalue weighted by molar-refractivity contribution is 0.174. The summed E-state index contributed by atoms with van der Waals surface area (Å²) in [6.45, 7) is 3.59.